The van der Waals surface area contributed by atoms with Crippen LogP contribution in [0.3, 0.4) is 0 Å². The number of benzene rings is 1. The molecule has 2 aromatic heterocycles. The normalized spacial score (nSPS) is 10.6. The summed E-state index contributed by atoms with van der Waals surface area (Å²) >= 11 is 1.08. The minimum Gasteiger partial charge on any atom is -0.480 e. The minimum absolute atomic E-state index is 0.00792. The lowest BCUT2D eigenvalue weighted by atomic mass is 10.1. The summed E-state index contributed by atoms with van der Waals surface area (Å²) in [6.45, 7) is 0. The van der Waals surface area contributed by atoms with Gasteiger partial charge in [-0.25, -0.2) is 18.2 Å². The van der Waals surface area contributed by atoms with Gasteiger partial charge < -0.3 is 4.74 Å². The molecule has 134 valence electrons. The highest BCUT2D eigenvalue weighted by atomic mass is 32.1. The van der Waals surface area contributed by atoms with Crippen molar-refractivity contribution >= 4 is 22.4 Å². The Kier molecular flexibility index (Phi) is 5.12. The summed E-state index contributed by atoms with van der Waals surface area (Å²) in [5, 5.41) is 10.2. The molecule has 2 heterocycles. The number of anilines is 1. The molecular formula is C16H11F3N4O2S. The van der Waals surface area contributed by atoms with Gasteiger partial charge >= 0.3 is 0 Å². The number of hydrogen-bond acceptors (Lipinski definition) is 6. The number of thiazole rings is 1. The zero-order valence-corrected chi connectivity index (χ0v) is 14.1. The lowest BCUT2D eigenvalue weighted by Crippen LogP contribution is -2.14. The largest absolute Gasteiger partial charge is 0.480 e. The molecule has 3 rings (SSSR count). The summed E-state index contributed by atoms with van der Waals surface area (Å²) in [4.78, 5) is 16.6. The molecule has 0 atom stereocenters. The number of nitrogens with zero attached hydrogens (tertiary/aromatic N) is 3. The van der Waals surface area contributed by atoms with E-state index >= 15 is 0 Å². The molecule has 0 spiro atoms. The van der Waals surface area contributed by atoms with Gasteiger partial charge in [0.05, 0.1) is 7.11 Å². The Morgan fingerprint density at radius 2 is 1.96 bits per heavy atom. The minimum atomic E-state index is -1.52. The van der Waals surface area contributed by atoms with Crippen molar-refractivity contribution in [3.05, 3.63) is 64.0 Å². The molecule has 0 aliphatic carbocycles. The Hall–Kier alpha value is -3.01. The Balaban J connectivity index is 1.69. The first-order valence-electron chi connectivity index (χ1n) is 7.24. The van der Waals surface area contributed by atoms with Gasteiger partial charge in [0.2, 0.25) is 5.88 Å². The maximum Gasteiger partial charge on any atom is 0.277 e. The highest BCUT2D eigenvalue weighted by Crippen LogP contribution is 2.24. The van der Waals surface area contributed by atoms with Crippen LogP contribution in [0.2, 0.25) is 0 Å². The fourth-order valence-electron chi connectivity index (χ4n) is 2.05. The molecule has 0 aliphatic heterocycles. The summed E-state index contributed by atoms with van der Waals surface area (Å²) in [6.07, 6.45) is 1.43. The van der Waals surface area contributed by atoms with Crippen molar-refractivity contribution in [3.63, 3.8) is 0 Å². The van der Waals surface area contributed by atoms with Crippen LogP contribution in [0, 0.1) is 17.5 Å². The Morgan fingerprint density at radius 1 is 1.15 bits per heavy atom. The van der Waals surface area contributed by atoms with E-state index in [0.717, 1.165) is 17.4 Å². The van der Waals surface area contributed by atoms with E-state index in [9.17, 15) is 18.0 Å². The van der Waals surface area contributed by atoms with Crippen molar-refractivity contribution in [2.75, 3.05) is 12.4 Å². The smallest absolute Gasteiger partial charge is 0.277 e. The average Bonchev–Trinajstić information content (AvgIpc) is 3.09. The Bertz CT molecular complexity index is 947. The van der Waals surface area contributed by atoms with Crippen molar-refractivity contribution in [2.45, 2.75) is 6.42 Å². The van der Waals surface area contributed by atoms with E-state index in [-0.39, 0.29) is 28.7 Å². The van der Waals surface area contributed by atoms with Crippen LogP contribution in [0.1, 0.15) is 20.9 Å². The zero-order chi connectivity index (χ0) is 18.7. The third-order valence-electron chi connectivity index (χ3n) is 3.34. The molecule has 3 aromatic rings. The molecule has 1 aromatic carbocycles. The first-order chi connectivity index (χ1) is 12.5. The van der Waals surface area contributed by atoms with Crippen molar-refractivity contribution in [2.24, 2.45) is 0 Å². The van der Waals surface area contributed by atoms with Crippen LogP contribution in [0.5, 0.6) is 5.88 Å². The Labute approximate surface area is 149 Å². The third kappa shape index (κ3) is 3.80. The first-order valence-corrected chi connectivity index (χ1v) is 8.05. The molecule has 0 fully saturated rings. The van der Waals surface area contributed by atoms with Crippen LogP contribution >= 0.6 is 11.3 Å². The Morgan fingerprint density at radius 3 is 2.65 bits per heavy atom. The molecule has 0 aliphatic rings. The third-order valence-corrected chi connectivity index (χ3v) is 4.25. The number of ether oxygens (including phenoxy) is 1. The second-order valence-corrected chi connectivity index (χ2v) is 6.17. The quantitative estimate of drug-likeness (QED) is 0.688. The molecule has 1 N–H and O–H groups in total. The van der Waals surface area contributed by atoms with Gasteiger partial charge in [0.1, 0.15) is 0 Å². The maximum atomic E-state index is 13.7. The average molecular weight is 380 g/mol. The summed E-state index contributed by atoms with van der Waals surface area (Å²) in [5.41, 5.74) is 0.0562. The number of halogens is 3. The molecular weight excluding hydrogens is 369 g/mol. The number of nitrogens with one attached hydrogen (secondary N) is 1. The van der Waals surface area contributed by atoms with Gasteiger partial charge in [-0.05, 0) is 17.7 Å². The monoisotopic (exact) mass is 380 g/mol. The van der Waals surface area contributed by atoms with Gasteiger partial charge in [0, 0.05) is 23.6 Å². The molecule has 0 bridgehead atoms. The van der Waals surface area contributed by atoms with Crippen molar-refractivity contribution in [1.29, 1.82) is 0 Å². The molecule has 10 heteroatoms. The molecule has 6 nitrogen and oxygen atoms in total. The van der Waals surface area contributed by atoms with Crippen LogP contribution in [-0.4, -0.2) is 28.2 Å². The van der Waals surface area contributed by atoms with Gasteiger partial charge in [-0.3, -0.25) is 10.1 Å². The fourth-order valence-corrected chi connectivity index (χ4v) is 2.88. The molecule has 0 saturated heterocycles. The van der Waals surface area contributed by atoms with E-state index in [2.05, 4.69) is 20.5 Å². The van der Waals surface area contributed by atoms with Crippen LogP contribution in [0.25, 0.3) is 0 Å². The van der Waals surface area contributed by atoms with Gasteiger partial charge in [-0.2, -0.15) is 0 Å². The number of hydrogen-bond donors (Lipinski definition) is 1. The number of carbonyl (C=O) groups is 1. The van der Waals surface area contributed by atoms with Crippen LogP contribution in [0.4, 0.5) is 18.3 Å². The summed E-state index contributed by atoms with van der Waals surface area (Å²) in [7, 11) is 1.43. The van der Waals surface area contributed by atoms with E-state index < -0.39 is 23.4 Å². The number of rotatable bonds is 5. The van der Waals surface area contributed by atoms with Crippen molar-refractivity contribution < 1.29 is 22.7 Å². The molecule has 0 radical (unpaired) electrons. The molecule has 0 saturated carbocycles. The lowest BCUT2D eigenvalue weighted by Gasteiger charge is -2.03. The number of methoxy groups -OCH3 is 1. The molecule has 26 heavy (non-hydrogen) atoms. The number of aromatic nitrogens is 3. The zero-order valence-electron chi connectivity index (χ0n) is 13.3. The molecule has 1 amide bonds. The fraction of sp³-hybridized carbons (Fsp3) is 0.125. The van der Waals surface area contributed by atoms with Gasteiger partial charge in [0.25, 0.3) is 5.91 Å². The van der Waals surface area contributed by atoms with Crippen LogP contribution in [0.15, 0.2) is 30.5 Å². The second kappa shape index (κ2) is 7.48. The summed E-state index contributed by atoms with van der Waals surface area (Å²) in [5.74, 6) is -4.26. The van der Waals surface area contributed by atoms with Crippen LogP contribution < -0.4 is 10.1 Å². The van der Waals surface area contributed by atoms with E-state index in [0.29, 0.717) is 4.88 Å². The standard InChI is InChI=1S/C16H11F3N4O2S/c1-25-12-5-4-11(22-23-12)15(24)21-16-20-7-9(26-16)6-8-2-3-10(17)14(19)13(8)18/h2-5,7H,6H2,1H3,(H,20,21,24). The van der Waals surface area contributed by atoms with Gasteiger partial charge in [0.15, 0.2) is 28.3 Å². The van der Waals surface area contributed by atoms with E-state index in [1.807, 2.05) is 0 Å². The highest BCUT2D eigenvalue weighted by molar-refractivity contribution is 7.15. The predicted octanol–water partition coefficient (Wildman–Crippen LogP) is 3.20. The van der Waals surface area contributed by atoms with E-state index in [1.165, 1.54) is 31.5 Å². The van der Waals surface area contributed by atoms with Crippen LogP contribution in [-0.2, 0) is 6.42 Å². The summed E-state index contributed by atoms with van der Waals surface area (Å²) < 4.78 is 44.8. The van der Waals surface area contributed by atoms with Crippen molar-refractivity contribution in [3.8, 4) is 5.88 Å². The highest BCUT2D eigenvalue weighted by Gasteiger charge is 2.16. The SMILES string of the molecule is COc1ccc(C(=O)Nc2ncc(Cc3ccc(F)c(F)c3F)s2)nn1. The lowest BCUT2D eigenvalue weighted by molar-refractivity contribution is 0.102. The molecule has 0 unspecified atom stereocenters. The van der Waals surface area contributed by atoms with E-state index in [4.69, 9.17) is 4.74 Å². The first kappa shape index (κ1) is 17.8. The van der Waals surface area contributed by atoms with E-state index in [1.54, 1.807) is 0 Å². The van der Waals surface area contributed by atoms with Gasteiger partial charge in [-0.1, -0.05) is 6.07 Å². The number of amides is 1. The summed E-state index contributed by atoms with van der Waals surface area (Å²) in [6, 6.07) is 4.95. The second-order valence-electron chi connectivity index (χ2n) is 5.06. The topological polar surface area (TPSA) is 77.0 Å². The number of carbonyl (C=O) groups excluding carboxylic acids is 1. The maximum absolute atomic E-state index is 13.7. The van der Waals surface area contributed by atoms with Crippen molar-refractivity contribution in [1.82, 2.24) is 15.2 Å². The van der Waals surface area contributed by atoms with Gasteiger partial charge in [-0.15, -0.1) is 21.5 Å². The predicted molar refractivity (Wildman–Crippen MR) is 87.8 cm³/mol.